The van der Waals surface area contributed by atoms with Crippen LogP contribution in [0.25, 0.3) is 5.76 Å². The number of aliphatic hydroxyl groups excluding tert-OH is 1. The van der Waals surface area contributed by atoms with Crippen LogP contribution in [0.2, 0.25) is 0 Å². The first-order valence-corrected chi connectivity index (χ1v) is 12.0. The normalized spacial score (nSPS) is 16.7. The fraction of sp³-hybridized carbons (Fsp3) is 0.464. The Morgan fingerprint density at radius 2 is 2.03 bits per heavy atom. The summed E-state index contributed by atoms with van der Waals surface area (Å²) in [6, 6.07) is 12.6. The third-order valence-electron chi connectivity index (χ3n) is 6.23. The maximum absolute atomic E-state index is 9.70. The highest BCUT2D eigenvalue weighted by Gasteiger charge is 2.19. The highest BCUT2D eigenvalue weighted by atomic mass is 16.5. The maximum Gasteiger partial charge on any atom is 0.129 e. The molecule has 1 heterocycles. The average molecular weight is 435 g/mol. The van der Waals surface area contributed by atoms with E-state index in [0.29, 0.717) is 5.76 Å². The number of β-amino-alcohol motifs (C(OH)–C–C–N with tert-alkyl or cyclic N) is 1. The van der Waals surface area contributed by atoms with Crippen molar-refractivity contribution >= 4 is 17.7 Å². The minimum Gasteiger partial charge on any atom is -0.457 e. The SMILES string of the molecule is C=C(Oc1cccc(CC)c1)c1cc(CC)c(CCCCN2CCC(O)C2)cc1N=CC. The van der Waals surface area contributed by atoms with Gasteiger partial charge in [-0.2, -0.15) is 0 Å². The number of likely N-dealkylation sites (tertiary alicyclic amines) is 1. The second kappa shape index (κ2) is 12.0. The zero-order valence-electron chi connectivity index (χ0n) is 19.9. The lowest BCUT2D eigenvalue weighted by molar-refractivity contribution is 0.176. The average Bonchev–Trinajstić information content (AvgIpc) is 3.22. The van der Waals surface area contributed by atoms with Gasteiger partial charge in [0.05, 0.1) is 11.8 Å². The summed E-state index contributed by atoms with van der Waals surface area (Å²) in [6.45, 7) is 13.4. The first kappa shape index (κ1) is 24.2. The smallest absolute Gasteiger partial charge is 0.129 e. The standard InChI is InChI=1S/C28H38N2O2/c1-5-22-11-10-13-26(17-22)32-21(4)27-18-23(6-2)24(19-28(27)29-7-3)12-8-9-15-30-16-14-25(31)20-30/h7,10-11,13,17-19,25,31H,4-6,8-9,12,14-16,20H2,1-3H3. The number of rotatable bonds is 11. The summed E-state index contributed by atoms with van der Waals surface area (Å²) in [4.78, 5) is 7.01. The molecule has 4 nitrogen and oxygen atoms in total. The van der Waals surface area contributed by atoms with Crippen LogP contribution in [0.1, 0.15) is 62.3 Å². The number of hydrogen-bond acceptors (Lipinski definition) is 4. The van der Waals surface area contributed by atoms with Crippen molar-refractivity contribution in [3.8, 4) is 5.75 Å². The number of aliphatic hydroxyl groups is 1. The number of unbranched alkanes of at least 4 members (excludes halogenated alkanes) is 1. The summed E-state index contributed by atoms with van der Waals surface area (Å²) in [5, 5.41) is 9.70. The molecule has 2 aromatic carbocycles. The Morgan fingerprint density at radius 3 is 2.72 bits per heavy atom. The van der Waals surface area contributed by atoms with E-state index >= 15 is 0 Å². The second-order valence-electron chi connectivity index (χ2n) is 8.61. The van der Waals surface area contributed by atoms with Gasteiger partial charge in [0.1, 0.15) is 11.5 Å². The van der Waals surface area contributed by atoms with Crippen LogP contribution in [0.15, 0.2) is 48.0 Å². The maximum atomic E-state index is 9.70. The van der Waals surface area contributed by atoms with Crippen LogP contribution in [0.3, 0.4) is 0 Å². The molecule has 0 bridgehead atoms. The van der Waals surface area contributed by atoms with E-state index in [1.165, 1.54) is 16.7 Å². The number of aryl methyl sites for hydroxylation is 3. The molecule has 1 aliphatic heterocycles. The van der Waals surface area contributed by atoms with Crippen molar-refractivity contribution in [2.75, 3.05) is 19.6 Å². The van der Waals surface area contributed by atoms with Crippen LogP contribution < -0.4 is 4.74 Å². The molecule has 0 aromatic heterocycles. The van der Waals surface area contributed by atoms with E-state index in [4.69, 9.17) is 4.74 Å². The molecule has 1 fully saturated rings. The van der Waals surface area contributed by atoms with Crippen molar-refractivity contribution in [3.63, 3.8) is 0 Å². The summed E-state index contributed by atoms with van der Waals surface area (Å²) in [5.74, 6) is 1.45. The van der Waals surface area contributed by atoms with Crippen LogP contribution in [0.5, 0.6) is 5.75 Å². The first-order valence-electron chi connectivity index (χ1n) is 12.0. The summed E-state index contributed by atoms with van der Waals surface area (Å²) >= 11 is 0. The van der Waals surface area contributed by atoms with Gasteiger partial charge in [-0.1, -0.05) is 32.6 Å². The van der Waals surface area contributed by atoms with E-state index in [-0.39, 0.29) is 6.10 Å². The largest absolute Gasteiger partial charge is 0.457 e. The van der Waals surface area contributed by atoms with E-state index in [1.54, 1.807) is 0 Å². The van der Waals surface area contributed by atoms with E-state index in [9.17, 15) is 5.11 Å². The Balaban J connectivity index is 1.71. The van der Waals surface area contributed by atoms with Gasteiger partial charge in [-0.15, -0.1) is 0 Å². The molecule has 1 saturated heterocycles. The quantitative estimate of drug-likeness (QED) is 0.269. The number of aliphatic imine (C=N–C) groups is 1. The Hall–Kier alpha value is -2.43. The molecule has 4 heteroatoms. The van der Waals surface area contributed by atoms with Gasteiger partial charge in [0.15, 0.2) is 0 Å². The number of hydrogen-bond donors (Lipinski definition) is 1. The summed E-state index contributed by atoms with van der Waals surface area (Å²) in [5.41, 5.74) is 5.81. The first-order chi connectivity index (χ1) is 15.5. The molecule has 1 N–H and O–H groups in total. The predicted molar refractivity (Wildman–Crippen MR) is 135 cm³/mol. The van der Waals surface area contributed by atoms with Crippen LogP contribution in [-0.2, 0) is 19.3 Å². The molecule has 1 aliphatic rings. The van der Waals surface area contributed by atoms with Gasteiger partial charge < -0.3 is 14.7 Å². The van der Waals surface area contributed by atoms with Crippen LogP contribution in [0.4, 0.5) is 5.69 Å². The van der Waals surface area contributed by atoms with Crippen molar-refractivity contribution in [2.45, 2.75) is 65.4 Å². The molecule has 1 unspecified atom stereocenters. The fourth-order valence-corrected chi connectivity index (χ4v) is 4.40. The zero-order valence-corrected chi connectivity index (χ0v) is 19.9. The third kappa shape index (κ3) is 6.54. The summed E-state index contributed by atoms with van der Waals surface area (Å²) in [7, 11) is 0. The van der Waals surface area contributed by atoms with E-state index in [0.717, 1.165) is 75.2 Å². The van der Waals surface area contributed by atoms with Crippen LogP contribution in [-0.4, -0.2) is 42.0 Å². The molecule has 2 aromatic rings. The zero-order chi connectivity index (χ0) is 22.9. The number of ether oxygens (including phenoxy) is 1. The molecule has 172 valence electrons. The van der Waals surface area contributed by atoms with Crippen molar-refractivity contribution in [1.29, 1.82) is 0 Å². The van der Waals surface area contributed by atoms with Gasteiger partial charge in [0.25, 0.3) is 0 Å². The van der Waals surface area contributed by atoms with E-state index < -0.39 is 0 Å². The fourth-order valence-electron chi connectivity index (χ4n) is 4.40. The number of nitrogens with zero attached hydrogens (tertiary/aromatic N) is 2. The van der Waals surface area contributed by atoms with E-state index in [1.807, 2.05) is 25.3 Å². The van der Waals surface area contributed by atoms with Gasteiger partial charge in [0.2, 0.25) is 0 Å². The molecule has 0 saturated carbocycles. The van der Waals surface area contributed by atoms with E-state index in [2.05, 4.69) is 54.6 Å². The minimum atomic E-state index is -0.136. The summed E-state index contributed by atoms with van der Waals surface area (Å²) in [6.07, 6.45) is 7.87. The predicted octanol–water partition coefficient (Wildman–Crippen LogP) is 5.97. The van der Waals surface area contributed by atoms with Gasteiger partial charge >= 0.3 is 0 Å². The van der Waals surface area contributed by atoms with Gasteiger partial charge in [-0.05, 0) is 92.9 Å². The Morgan fingerprint density at radius 1 is 1.19 bits per heavy atom. The number of benzene rings is 2. The van der Waals surface area contributed by atoms with Crippen LogP contribution in [0, 0.1) is 0 Å². The van der Waals surface area contributed by atoms with Crippen molar-refractivity contribution < 1.29 is 9.84 Å². The topological polar surface area (TPSA) is 45.1 Å². The molecule has 0 spiro atoms. The minimum absolute atomic E-state index is 0.136. The Kier molecular flexibility index (Phi) is 9.07. The molecular weight excluding hydrogens is 396 g/mol. The molecular formula is C28H38N2O2. The summed E-state index contributed by atoms with van der Waals surface area (Å²) < 4.78 is 6.14. The highest BCUT2D eigenvalue weighted by Crippen LogP contribution is 2.32. The van der Waals surface area contributed by atoms with Gasteiger partial charge in [-0.25, -0.2) is 0 Å². The van der Waals surface area contributed by atoms with Crippen LogP contribution >= 0.6 is 0 Å². The van der Waals surface area contributed by atoms with Crippen molar-refractivity contribution in [1.82, 2.24) is 4.90 Å². The lowest BCUT2D eigenvalue weighted by Gasteiger charge is -2.17. The van der Waals surface area contributed by atoms with Crippen molar-refractivity contribution in [3.05, 3.63) is 65.2 Å². The monoisotopic (exact) mass is 434 g/mol. The Labute approximate surface area is 193 Å². The second-order valence-corrected chi connectivity index (χ2v) is 8.61. The molecule has 1 atom stereocenters. The van der Waals surface area contributed by atoms with Crippen molar-refractivity contribution in [2.24, 2.45) is 4.99 Å². The molecule has 3 rings (SSSR count). The third-order valence-corrected chi connectivity index (χ3v) is 6.23. The Bertz CT molecular complexity index is 935. The molecule has 0 amide bonds. The molecule has 0 aliphatic carbocycles. The highest BCUT2D eigenvalue weighted by molar-refractivity contribution is 5.75. The molecule has 0 radical (unpaired) electrons. The van der Waals surface area contributed by atoms with Gasteiger partial charge in [0, 0.05) is 24.9 Å². The lowest BCUT2D eigenvalue weighted by Crippen LogP contribution is -2.23. The molecule has 32 heavy (non-hydrogen) atoms. The van der Waals surface area contributed by atoms with Gasteiger partial charge in [-0.3, -0.25) is 4.99 Å². The lowest BCUT2D eigenvalue weighted by atomic mass is 9.95.